The van der Waals surface area contributed by atoms with Gasteiger partial charge in [-0.1, -0.05) is 6.07 Å². The average Bonchev–Trinajstić information content (AvgIpc) is 2.39. The van der Waals surface area contributed by atoms with E-state index in [0.29, 0.717) is 11.5 Å². The van der Waals surface area contributed by atoms with E-state index < -0.39 is 0 Å². The summed E-state index contributed by atoms with van der Waals surface area (Å²) >= 11 is 2.16. The van der Waals surface area contributed by atoms with Crippen LogP contribution >= 0.6 is 22.6 Å². The number of anilines is 2. The Bertz CT molecular complexity index is 559. The van der Waals surface area contributed by atoms with Crippen LogP contribution in [0.2, 0.25) is 0 Å². The van der Waals surface area contributed by atoms with Gasteiger partial charge in [0.25, 0.3) is 0 Å². The summed E-state index contributed by atoms with van der Waals surface area (Å²) in [5.74, 6) is 0.612. The van der Waals surface area contributed by atoms with Crippen LogP contribution in [0, 0.1) is 14.9 Å². The number of benzene rings is 1. The zero-order valence-electron chi connectivity index (χ0n) is 9.13. The van der Waals surface area contributed by atoms with Gasteiger partial charge in [-0.05, 0) is 40.8 Å². The number of halogens is 1. The molecule has 2 rings (SSSR count). The Balaban J connectivity index is 2.33. The fourth-order valence-corrected chi connectivity index (χ4v) is 1.66. The molecule has 1 heterocycles. The molecule has 0 aliphatic rings. The number of hydrogen-bond donors (Lipinski definition) is 0. The predicted molar refractivity (Wildman–Crippen MR) is 74.0 cm³/mol. The van der Waals surface area contributed by atoms with Gasteiger partial charge < -0.3 is 4.90 Å². The monoisotopic (exact) mass is 336 g/mol. The second-order valence-corrected chi connectivity index (χ2v) is 4.67. The standard InChI is InChI=1S/C12H9IN4/c1-17(12-15-7-10(13)8-16-12)11-4-2-3-9(5-11)6-14/h2-5,7-8H,1H3. The van der Waals surface area contributed by atoms with Crippen molar-refractivity contribution in [1.29, 1.82) is 5.26 Å². The maximum atomic E-state index is 8.85. The minimum atomic E-state index is 0.612. The van der Waals surface area contributed by atoms with Crippen LogP contribution in [0.1, 0.15) is 5.56 Å². The molecule has 0 radical (unpaired) electrons. The molecule has 0 fully saturated rings. The lowest BCUT2D eigenvalue weighted by Gasteiger charge is -2.16. The Kier molecular flexibility index (Phi) is 3.54. The summed E-state index contributed by atoms with van der Waals surface area (Å²) in [5.41, 5.74) is 1.52. The third-order valence-electron chi connectivity index (χ3n) is 2.27. The van der Waals surface area contributed by atoms with Crippen molar-refractivity contribution in [3.05, 3.63) is 45.8 Å². The number of nitrogens with zero attached hydrogens (tertiary/aromatic N) is 4. The van der Waals surface area contributed by atoms with E-state index in [1.165, 1.54) is 0 Å². The third-order valence-corrected chi connectivity index (χ3v) is 2.83. The van der Waals surface area contributed by atoms with E-state index in [2.05, 4.69) is 38.6 Å². The molecule has 0 spiro atoms. The van der Waals surface area contributed by atoms with Crippen molar-refractivity contribution in [1.82, 2.24) is 9.97 Å². The Labute approximate surface area is 113 Å². The lowest BCUT2D eigenvalue weighted by molar-refractivity contribution is 1.03. The Hall–Kier alpha value is -1.68. The fourth-order valence-electron chi connectivity index (χ4n) is 1.38. The molecule has 0 unspecified atom stereocenters. The summed E-state index contributed by atoms with van der Waals surface area (Å²) in [6, 6.07) is 9.45. The third kappa shape index (κ3) is 2.71. The van der Waals surface area contributed by atoms with Crippen LogP contribution in [0.5, 0.6) is 0 Å². The minimum absolute atomic E-state index is 0.612. The van der Waals surface area contributed by atoms with Crippen molar-refractivity contribution in [2.45, 2.75) is 0 Å². The molecule has 84 valence electrons. The lowest BCUT2D eigenvalue weighted by atomic mass is 10.2. The van der Waals surface area contributed by atoms with E-state index in [-0.39, 0.29) is 0 Å². The molecule has 0 bridgehead atoms. The van der Waals surface area contributed by atoms with Gasteiger partial charge in [0.2, 0.25) is 5.95 Å². The number of aromatic nitrogens is 2. The largest absolute Gasteiger partial charge is 0.314 e. The smallest absolute Gasteiger partial charge is 0.229 e. The van der Waals surface area contributed by atoms with E-state index in [1.54, 1.807) is 24.5 Å². The number of nitriles is 1. The van der Waals surface area contributed by atoms with Crippen LogP contribution in [0.3, 0.4) is 0 Å². The van der Waals surface area contributed by atoms with Crippen molar-refractivity contribution >= 4 is 34.2 Å². The van der Waals surface area contributed by atoms with E-state index in [0.717, 1.165) is 9.26 Å². The molecule has 2 aromatic rings. The summed E-state index contributed by atoms with van der Waals surface area (Å²) in [4.78, 5) is 10.3. The van der Waals surface area contributed by atoms with Crippen LogP contribution in [0.4, 0.5) is 11.6 Å². The van der Waals surface area contributed by atoms with Crippen molar-refractivity contribution < 1.29 is 0 Å². The summed E-state index contributed by atoms with van der Waals surface area (Å²) < 4.78 is 0.991. The lowest BCUT2D eigenvalue weighted by Crippen LogP contribution is -2.12. The molecule has 17 heavy (non-hydrogen) atoms. The van der Waals surface area contributed by atoms with Crippen LogP contribution in [0.25, 0.3) is 0 Å². The number of rotatable bonds is 2. The molecule has 5 heteroatoms. The first-order chi connectivity index (χ1) is 8.20. The SMILES string of the molecule is CN(c1cccc(C#N)c1)c1ncc(I)cn1. The minimum Gasteiger partial charge on any atom is -0.314 e. The van der Waals surface area contributed by atoms with Crippen molar-refractivity contribution in [2.24, 2.45) is 0 Å². The summed E-state index contributed by atoms with van der Waals surface area (Å²) in [5, 5.41) is 8.85. The molecule has 0 aliphatic carbocycles. The van der Waals surface area contributed by atoms with Crippen LogP contribution in [0.15, 0.2) is 36.7 Å². The molecule has 0 amide bonds. The Morgan fingerprint density at radius 3 is 2.65 bits per heavy atom. The van der Waals surface area contributed by atoms with Gasteiger partial charge >= 0.3 is 0 Å². The second-order valence-electron chi connectivity index (χ2n) is 3.42. The first-order valence-electron chi connectivity index (χ1n) is 4.92. The molecular formula is C12H9IN4. The van der Waals surface area contributed by atoms with Gasteiger partial charge in [0.05, 0.1) is 11.6 Å². The normalized spacial score (nSPS) is 9.71. The van der Waals surface area contributed by atoms with E-state index >= 15 is 0 Å². The van der Waals surface area contributed by atoms with Crippen molar-refractivity contribution in [3.8, 4) is 6.07 Å². The first kappa shape index (κ1) is 11.8. The summed E-state index contributed by atoms with van der Waals surface area (Å²) in [6.07, 6.45) is 3.51. The molecule has 0 saturated carbocycles. The Morgan fingerprint density at radius 1 is 1.29 bits per heavy atom. The van der Waals surface area contributed by atoms with Gasteiger partial charge in [-0.3, -0.25) is 0 Å². The molecule has 0 aliphatic heterocycles. The van der Waals surface area contributed by atoms with Crippen molar-refractivity contribution in [2.75, 3.05) is 11.9 Å². The molecule has 4 nitrogen and oxygen atoms in total. The zero-order valence-corrected chi connectivity index (χ0v) is 11.3. The van der Waals surface area contributed by atoms with E-state index in [1.807, 2.05) is 24.1 Å². The van der Waals surface area contributed by atoms with Gasteiger partial charge in [0, 0.05) is 28.7 Å². The maximum absolute atomic E-state index is 8.85. The maximum Gasteiger partial charge on any atom is 0.229 e. The van der Waals surface area contributed by atoms with Gasteiger partial charge in [0.15, 0.2) is 0 Å². The van der Waals surface area contributed by atoms with Gasteiger partial charge in [0.1, 0.15) is 0 Å². The van der Waals surface area contributed by atoms with E-state index in [9.17, 15) is 0 Å². The highest BCUT2D eigenvalue weighted by Crippen LogP contribution is 2.20. The highest BCUT2D eigenvalue weighted by Gasteiger charge is 2.06. The number of hydrogen-bond acceptors (Lipinski definition) is 4. The molecule has 1 aromatic carbocycles. The molecule has 0 atom stereocenters. The fraction of sp³-hybridized carbons (Fsp3) is 0.0833. The highest BCUT2D eigenvalue weighted by atomic mass is 127. The summed E-state index contributed by atoms with van der Waals surface area (Å²) in [6.45, 7) is 0. The molecule has 0 saturated heterocycles. The zero-order chi connectivity index (χ0) is 12.3. The molecular weight excluding hydrogens is 327 g/mol. The topological polar surface area (TPSA) is 52.8 Å². The van der Waals surface area contributed by atoms with Gasteiger partial charge in [-0.15, -0.1) is 0 Å². The van der Waals surface area contributed by atoms with Gasteiger partial charge in [-0.2, -0.15) is 5.26 Å². The second kappa shape index (κ2) is 5.10. The first-order valence-corrected chi connectivity index (χ1v) is 6.00. The Morgan fingerprint density at radius 2 is 2.00 bits per heavy atom. The highest BCUT2D eigenvalue weighted by molar-refractivity contribution is 14.1. The van der Waals surface area contributed by atoms with Gasteiger partial charge in [-0.25, -0.2) is 9.97 Å². The average molecular weight is 336 g/mol. The van der Waals surface area contributed by atoms with Crippen LogP contribution in [-0.2, 0) is 0 Å². The van der Waals surface area contributed by atoms with Crippen molar-refractivity contribution in [3.63, 3.8) is 0 Å². The molecule has 1 aromatic heterocycles. The van der Waals surface area contributed by atoms with Crippen LogP contribution in [-0.4, -0.2) is 17.0 Å². The quantitative estimate of drug-likeness (QED) is 0.792. The predicted octanol–water partition coefficient (Wildman–Crippen LogP) is 2.72. The molecule has 0 N–H and O–H groups in total. The van der Waals surface area contributed by atoms with E-state index in [4.69, 9.17) is 5.26 Å². The van der Waals surface area contributed by atoms with Crippen LogP contribution < -0.4 is 4.90 Å². The summed E-state index contributed by atoms with van der Waals surface area (Å²) in [7, 11) is 1.87.